The van der Waals surface area contributed by atoms with E-state index in [0.717, 1.165) is 15.4 Å². The minimum Gasteiger partial charge on any atom is -0.497 e. The molecule has 0 fully saturated rings. The average Bonchev–Trinajstić information content (AvgIpc) is 3.05. The molecule has 0 saturated heterocycles. The highest BCUT2D eigenvalue weighted by atomic mass is 35.5. The van der Waals surface area contributed by atoms with Crippen LogP contribution >= 0.6 is 11.6 Å². The maximum atomic E-state index is 14.7. The molecule has 1 unspecified atom stereocenters. The predicted molar refractivity (Wildman–Crippen MR) is 189 cm³/mol. The van der Waals surface area contributed by atoms with Gasteiger partial charge < -0.3 is 19.7 Å². The van der Waals surface area contributed by atoms with Crippen LogP contribution in [0.15, 0.2) is 102 Å². The monoisotopic (exact) mass is 691 g/mol. The molecule has 0 aromatic heterocycles. The van der Waals surface area contributed by atoms with Crippen molar-refractivity contribution in [3.05, 3.63) is 119 Å². The lowest BCUT2D eigenvalue weighted by molar-refractivity contribution is -0.140. The van der Waals surface area contributed by atoms with Gasteiger partial charge in [-0.1, -0.05) is 71.8 Å². The van der Waals surface area contributed by atoms with Crippen molar-refractivity contribution in [1.82, 2.24) is 10.2 Å². The molecule has 48 heavy (non-hydrogen) atoms. The van der Waals surface area contributed by atoms with Gasteiger partial charge in [0.25, 0.3) is 10.0 Å². The SMILES string of the molecule is COc1ccc(OC)c(N(CC(=O)N(Cc2ccc(Cl)cc2)C(Cc2ccccc2)C(=O)NC(C)(C)C)S(=O)(=O)c2ccc(C)cc2)c1. The number of benzene rings is 4. The average molecular weight is 692 g/mol. The Morgan fingerprint density at radius 2 is 1.50 bits per heavy atom. The molecule has 1 atom stereocenters. The van der Waals surface area contributed by atoms with Crippen LogP contribution in [0.1, 0.15) is 37.5 Å². The maximum Gasteiger partial charge on any atom is 0.264 e. The third-order valence-corrected chi connectivity index (χ3v) is 9.60. The van der Waals surface area contributed by atoms with E-state index in [-0.39, 0.29) is 35.2 Å². The van der Waals surface area contributed by atoms with Crippen molar-refractivity contribution in [2.75, 3.05) is 25.1 Å². The summed E-state index contributed by atoms with van der Waals surface area (Å²) in [5.41, 5.74) is 1.92. The van der Waals surface area contributed by atoms with Gasteiger partial charge in [0.2, 0.25) is 11.8 Å². The van der Waals surface area contributed by atoms with Crippen LogP contribution in [0.5, 0.6) is 11.5 Å². The number of halogens is 1. The summed E-state index contributed by atoms with van der Waals surface area (Å²) in [4.78, 5) is 30.2. The lowest BCUT2D eigenvalue weighted by Gasteiger charge is -2.35. The summed E-state index contributed by atoms with van der Waals surface area (Å²) >= 11 is 6.17. The zero-order chi connectivity index (χ0) is 35.1. The zero-order valence-corrected chi connectivity index (χ0v) is 29.6. The van der Waals surface area contributed by atoms with Crippen LogP contribution in [-0.4, -0.2) is 57.5 Å². The second kappa shape index (κ2) is 15.6. The quantitative estimate of drug-likeness (QED) is 0.174. The van der Waals surface area contributed by atoms with Crippen LogP contribution in [0.2, 0.25) is 5.02 Å². The number of nitrogens with one attached hydrogen (secondary N) is 1. The fourth-order valence-corrected chi connectivity index (χ4v) is 6.68. The van der Waals surface area contributed by atoms with Crippen molar-refractivity contribution in [2.45, 2.75) is 57.1 Å². The Labute approximate surface area is 288 Å². The van der Waals surface area contributed by atoms with E-state index in [1.165, 1.54) is 37.3 Å². The number of aryl methyl sites for hydroxylation is 1. The highest BCUT2D eigenvalue weighted by Gasteiger charge is 2.36. The lowest BCUT2D eigenvalue weighted by Crippen LogP contribution is -2.56. The number of amides is 2. The molecular weight excluding hydrogens is 650 g/mol. The molecular formula is C37H42ClN3O6S. The summed E-state index contributed by atoms with van der Waals surface area (Å²) in [6.07, 6.45) is 0.190. The third kappa shape index (κ3) is 9.29. The normalized spacial score (nSPS) is 12.1. The minimum atomic E-state index is -4.34. The van der Waals surface area contributed by atoms with E-state index in [0.29, 0.717) is 16.3 Å². The molecule has 0 aliphatic rings. The predicted octanol–water partition coefficient (Wildman–Crippen LogP) is 6.42. The lowest BCUT2D eigenvalue weighted by atomic mass is 10.0. The second-order valence-electron chi connectivity index (χ2n) is 12.5. The van der Waals surface area contributed by atoms with Gasteiger partial charge in [-0.15, -0.1) is 0 Å². The van der Waals surface area contributed by atoms with E-state index < -0.39 is 34.1 Å². The first-order valence-electron chi connectivity index (χ1n) is 15.4. The van der Waals surface area contributed by atoms with Gasteiger partial charge >= 0.3 is 0 Å². The number of methoxy groups -OCH3 is 2. The number of carbonyl (C=O) groups excluding carboxylic acids is 2. The molecule has 4 aromatic rings. The van der Waals surface area contributed by atoms with E-state index in [2.05, 4.69) is 5.32 Å². The standard InChI is InChI=1S/C37H42ClN3O6S/c1-26-12-19-31(20-13-26)48(44,45)41(32-23-30(46-5)18-21-34(32)47-6)25-35(42)40(24-28-14-16-29(38)17-15-28)33(36(43)39-37(2,3)4)22-27-10-8-7-9-11-27/h7-21,23,33H,22,24-25H2,1-6H3,(H,39,43). The molecule has 0 radical (unpaired) electrons. The van der Waals surface area contributed by atoms with Gasteiger partial charge in [0, 0.05) is 29.6 Å². The van der Waals surface area contributed by atoms with Crippen molar-refractivity contribution in [1.29, 1.82) is 0 Å². The Morgan fingerprint density at radius 3 is 2.08 bits per heavy atom. The van der Waals surface area contributed by atoms with Crippen molar-refractivity contribution in [2.24, 2.45) is 0 Å². The van der Waals surface area contributed by atoms with Gasteiger partial charge in [-0.25, -0.2) is 8.42 Å². The van der Waals surface area contributed by atoms with E-state index in [9.17, 15) is 18.0 Å². The summed E-state index contributed by atoms with van der Waals surface area (Å²) in [6, 6.07) is 26.4. The summed E-state index contributed by atoms with van der Waals surface area (Å²) in [5.74, 6) is -0.391. The fraction of sp³-hybridized carbons (Fsp3) is 0.297. The maximum absolute atomic E-state index is 14.7. The number of ether oxygens (including phenoxy) is 2. The molecule has 0 aliphatic heterocycles. The number of anilines is 1. The molecule has 11 heteroatoms. The molecule has 0 spiro atoms. The van der Waals surface area contributed by atoms with Crippen LogP contribution in [0.25, 0.3) is 0 Å². The van der Waals surface area contributed by atoms with Crippen molar-refractivity contribution in [3.63, 3.8) is 0 Å². The Morgan fingerprint density at radius 1 is 0.854 bits per heavy atom. The number of sulfonamides is 1. The van der Waals surface area contributed by atoms with E-state index >= 15 is 0 Å². The third-order valence-electron chi connectivity index (χ3n) is 7.58. The Balaban J connectivity index is 1.88. The largest absolute Gasteiger partial charge is 0.497 e. The fourth-order valence-electron chi connectivity index (χ4n) is 5.14. The molecule has 254 valence electrons. The van der Waals surface area contributed by atoms with Crippen LogP contribution < -0.4 is 19.1 Å². The van der Waals surface area contributed by atoms with E-state index in [4.69, 9.17) is 21.1 Å². The number of nitrogens with zero attached hydrogens (tertiary/aromatic N) is 2. The van der Waals surface area contributed by atoms with E-state index in [1.54, 1.807) is 48.5 Å². The summed E-state index contributed by atoms with van der Waals surface area (Å²) in [5, 5.41) is 3.54. The number of carbonyl (C=O) groups is 2. The Bertz CT molecular complexity index is 1810. The van der Waals surface area contributed by atoms with E-state index in [1.807, 2.05) is 58.0 Å². The van der Waals surface area contributed by atoms with Crippen LogP contribution in [0, 0.1) is 6.92 Å². The number of hydrogen-bond donors (Lipinski definition) is 1. The van der Waals surface area contributed by atoms with Gasteiger partial charge in [-0.3, -0.25) is 13.9 Å². The Hall–Kier alpha value is -4.54. The van der Waals surface area contributed by atoms with Crippen LogP contribution in [0.4, 0.5) is 5.69 Å². The second-order valence-corrected chi connectivity index (χ2v) is 14.8. The molecule has 1 N–H and O–H groups in total. The first-order valence-corrected chi connectivity index (χ1v) is 17.2. The molecule has 0 saturated carbocycles. The zero-order valence-electron chi connectivity index (χ0n) is 28.1. The topological polar surface area (TPSA) is 105 Å². The van der Waals surface area contributed by atoms with Gasteiger partial charge in [0.1, 0.15) is 24.1 Å². The highest BCUT2D eigenvalue weighted by molar-refractivity contribution is 7.92. The molecule has 2 amide bonds. The number of rotatable bonds is 13. The van der Waals surface area contributed by atoms with Crippen LogP contribution in [0.3, 0.4) is 0 Å². The van der Waals surface area contributed by atoms with Crippen molar-refractivity contribution in [3.8, 4) is 11.5 Å². The molecule has 4 aromatic carbocycles. The molecule has 0 bridgehead atoms. The van der Waals surface area contributed by atoms with Gasteiger partial charge in [-0.05, 0) is 75.2 Å². The number of hydrogen-bond acceptors (Lipinski definition) is 6. The smallest absolute Gasteiger partial charge is 0.264 e. The first-order chi connectivity index (χ1) is 22.7. The van der Waals surface area contributed by atoms with Gasteiger partial charge in [0.05, 0.1) is 24.8 Å². The Kier molecular flexibility index (Phi) is 11.8. The van der Waals surface area contributed by atoms with Crippen LogP contribution in [-0.2, 0) is 32.6 Å². The summed E-state index contributed by atoms with van der Waals surface area (Å²) < 4.78 is 40.8. The minimum absolute atomic E-state index is 0.0126. The summed E-state index contributed by atoms with van der Waals surface area (Å²) in [6.45, 7) is 6.81. The molecule has 0 heterocycles. The molecule has 9 nitrogen and oxygen atoms in total. The molecule has 0 aliphatic carbocycles. The van der Waals surface area contributed by atoms with Gasteiger partial charge in [0.15, 0.2) is 0 Å². The van der Waals surface area contributed by atoms with Gasteiger partial charge in [-0.2, -0.15) is 0 Å². The molecule has 4 rings (SSSR count). The van der Waals surface area contributed by atoms with Crippen molar-refractivity contribution >= 4 is 39.1 Å². The first kappa shape index (κ1) is 36.3. The summed E-state index contributed by atoms with van der Waals surface area (Å²) in [7, 11) is -1.45. The van der Waals surface area contributed by atoms with Crippen molar-refractivity contribution < 1.29 is 27.5 Å². The highest BCUT2D eigenvalue weighted by Crippen LogP contribution is 2.36.